The molecule has 33 heavy (non-hydrogen) atoms. The second kappa shape index (κ2) is 9.29. The third-order valence-corrected chi connectivity index (χ3v) is 5.27. The Balaban J connectivity index is 1.74. The normalized spacial score (nSPS) is 10.9. The maximum Gasteiger partial charge on any atom is 0.488 e. The third-order valence-electron chi connectivity index (χ3n) is 5.27. The highest BCUT2D eigenvalue weighted by atomic mass is 16.5. The number of nitrogens with zero attached hydrogens (tertiary/aromatic N) is 3. The fraction of sp³-hybridized carbons (Fsp3) is 0.136. The van der Waals surface area contributed by atoms with Crippen molar-refractivity contribution in [2.45, 2.75) is 13.1 Å². The fourth-order valence-electron chi connectivity index (χ4n) is 3.68. The molecule has 0 saturated heterocycles. The molecule has 0 spiro atoms. The third kappa shape index (κ3) is 4.37. The van der Waals surface area contributed by atoms with Gasteiger partial charge in [-0.05, 0) is 29.2 Å². The first-order valence-corrected chi connectivity index (χ1v) is 10.2. The highest BCUT2D eigenvalue weighted by molar-refractivity contribution is 6.58. The van der Waals surface area contributed by atoms with Crippen molar-refractivity contribution >= 4 is 35.2 Å². The van der Waals surface area contributed by atoms with E-state index in [1.54, 1.807) is 41.1 Å². The lowest BCUT2D eigenvalue weighted by molar-refractivity contribution is 0.100. The minimum absolute atomic E-state index is 0.196. The summed E-state index contributed by atoms with van der Waals surface area (Å²) in [5.41, 5.74) is 14.5. The highest BCUT2D eigenvalue weighted by Gasteiger charge is 2.18. The molecule has 0 aliphatic carbocycles. The molecule has 0 unspecified atom stereocenters. The topological polar surface area (TPSA) is 162 Å². The zero-order valence-electron chi connectivity index (χ0n) is 17.9. The Morgan fingerprint density at radius 1 is 1.21 bits per heavy atom. The summed E-state index contributed by atoms with van der Waals surface area (Å²) >= 11 is 0. The van der Waals surface area contributed by atoms with Gasteiger partial charge in [0, 0.05) is 29.7 Å². The molecule has 0 bridgehead atoms. The number of primary amides is 1. The molecule has 0 atom stereocenters. The summed E-state index contributed by atoms with van der Waals surface area (Å²) in [5, 5.41) is 22.7. The minimum atomic E-state index is -1.55. The number of carbonyl (C=O) groups excluding carboxylic acids is 1. The molecule has 2 aromatic carbocycles. The maximum atomic E-state index is 11.9. The van der Waals surface area contributed by atoms with Crippen LogP contribution in [0.2, 0.25) is 0 Å². The Morgan fingerprint density at radius 3 is 2.70 bits per heavy atom. The van der Waals surface area contributed by atoms with E-state index in [1.165, 1.54) is 7.11 Å². The molecule has 10 nitrogen and oxygen atoms in total. The van der Waals surface area contributed by atoms with Gasteiger partial charge in [0.25, 0.3) is 0 Å². The molecule has 0 radical (unpaired) electrons. The minimum Gasteiger partial charge on any atom is -0.491 e. The zero-order valence-corrected chi connectivity index (χ0v) is 17.9. The molecule has 1 amide bonds. The van der Waals surface area contributed by atoms with E-state index >= 15 is 0 Å². The van der Waals surface area contributed by atoms with Crippen LogP contribution in [0.1, 0.15) is 21.6 Å². The predicted octanol–water partition coefficient (Wildman–Crippen LogP) is 0.279. The zero-order chi connectivity index (χ0) is 23.5. The summed E-state index contributed by atoms with van der Waals surface area (Å²) in [6.07, 6.45) is 1.54. The first-order valence-electron chi connectivity index (χ1n) is 10.2. The molecule has 11 heteroatoms. The van der Waals surface area contributed by atoms with Gasteiger partial charge in [0.1, 0.15) is 0 Å². The van der Waals surface area contributed by atoms with Crippen molar-refractivity contribution in [2.75, 3.05) is 12.4 Å². The number of hydrogen-bond acceptors (Lipinski definition) is 8. The lowest BCUT2D eigenvalue weighted by Crippen LogP contribution is -2.30. The van der Waals surface area contributed by atoms with Gasteiger partial charge in [-0.1, -0.05) is 30.3 Å². The van der Waals surface area contributed by atoms with Gasteiger partial charge in [-0.2, -0.15) is 4.98 Å². The van der Waals surface area contributed by atoms with Crippen LogP contribution in [0.3, 0.4) is 0 Å². The fourth-order valence-corrected chi connectivity index (χ4v) is 3.68. The number of methoxy groups -OCH3 is 1. The Bertz CT molecular complexity index is 1320. The number of hydrogen-bond donors (Lipinski definition) is 5. The van der Waals surface area contributed by atoms with Crippen LogP contribution in [-0.2, 0) is 13.1 Å². The molecule has 2 heterocycles. The summed E-state index contributed by atoms with van der Waals surface area (Å²) in [7, 11) is -0.0333. The Kier molecular flexibility index (Phi) is 6.27. The van der Waals surface area contributed by atoms with E-state index in [2.05, 4.69) is 15.3 Å². The number of ether oxygens (including phenoxy) is 1. The van der Waals surface area contributed by atoms with Crippen LogP contribution in [0, 0.1) is 0 Å². The first kappa shape index (κ1) is 22.3. The number of amides is 1. The summed E-state index contributed by atoms with van der Waals surface area (Å²) < 4.78 is 7.17. The maximum absolute atomic E-state index is 11.9. The molecule has 2 aromatic heterocycles. The van der Waals surface area contributed by atoms with Crippen LogP contribution in [0.15, 0.2) is 54.7 Å². The van der Waals surface area contributed by atoms with Gasteiger partial charge in [0.05, 0.1) is 18.8 Å². The largest absolute Gasteiger partial charge is 0.491 e. The summed E-state index contributed by atoms with van der Waals surface area (Å²) in [4.78, 5) is 20.9. The van der Waals surface area contributed by atoms with Crippen molar-refractivity contribution < 1.29 is 19.6 Å². The predicted molar refractivity (Wildman–Crippen MR) is 125 cm³/mol. The number of nitrogens with two attached hydrogens (primary N) is 2. The molecule has 4 aromatic rings. The average Bonchev–Trinajstić information content (AvgIpc) is 3.21. The van der Waals surface area contributed by atoms with Gasteiger partial charge in [-0.3, -0.25) is 9.36 Å². The highest BCUT2D eigenvalue weighted by Crippen LogP contribution is 2.28. The van der Waals surface area contributed by atoms with Crippen molar-refractivity contribution in [1.29, 1.82) is 0 Å². The quantitative estimate of drug-likeness (QED) is 0.241. The SMILES string of the molecule is COc1cnc(-n2c(CN)cc3c(C(N)=O)cccc32)nc1NCc1cccc(B(O)O)c1. The average molecular weight is 446 g/mol. The van der Waals surface area contributed by atoms with E-state index < -0.39 is 13.0 Å². The molecule has 0 fully saturated rings. The van der Waals surface area contributed by atoms with Gasteiger partial charge in [-0.25, -0.2) is 4.98 Å². The lowest BCUT2D eigenvalue weighted by atomic mass is 9.80. The van der Waals surface area contributed by atoms with Crippen LogP contribution >= 0.6 is 0 Å². The molecule has 0 saturated carbocycles. The molecule has 7 N–H and O–H groups in total. The van der Waals surface area contributed by atoms with Gasteiger partial charge in [0.2, 0.25) is 11.9 Å². The van der Waals surface area contributed by atoms with Crippen LogP contribution in [0.4, 0.5) is 5.82 Å². The van der Waals surface area contributed by atoms with E-state index in [-0.39, 0.29) is 6.54 Å². The van der Waals surface area contributed by atoms with Crippen LogP contribution in [-0.4, -0.2) is 44.7 Å². The Labute approximate surface area is 190 Å². The van der Waals surface area contributed by atoms with Crippen LogP contribution < -0.4 is 27.0 Å². The number of carbonyl (C=O) groups is 1. The van der Waals surface area contributed by atoms with E-state index in [1.807, 2.05) is 18.2 Å². The molecule has 0 aliphatic heterocycles. The Morgan fingerprint density at radius 2 is 2.00 bits per heavy atom. The second-order valence-corrected chi connectivity index (χ2v) is 7.34. The number of aromatic nitrogens is 3. The lowest BCUT2D eigenvalue weighted by Gasteiger charge is -2.14. The molecule has 168 valence electrons. The molecule has 4 rings (SSSR count). The number of benzene rings is 2. The van der Waals surface area contributed by atoms with E-state index in [4.69, 9.17) is 16.2 Å². The van der Waals surface area contributed by atoms with Crippen molar-refractivity contribution in [3.8, 4) is 11.7 Å². The van der Waals surface area contributed by atoms with E-state index in [9.17, 15) is 14.8 Å². The monoisotopic (exact) mass is 446 g/mol. The van der Waals surface area contributed by atoms with Gasteiger partial charge in [0.15, 0.2) is 11.6 Å². The summed E-state index contributed by atoms with van der Waals surface area (Å²) in [6, 6.07) is 14.0. The van der Waals surface area contributed by atoms with Crippen molar-refractivity contribution in [1.82, 2.24) is 14.5 Å². The first-order chi connectivity index (χ1) is 15.9. The van der Waals surface area contributed by atoms with Gasteiger partial charge >= 0.3 is 7.12 Å². The summed E-state index contributed by atoms with van der Waals surface area (Å²) in [6.45, 7) is 0.552. The Hall–Kier alpha value is -3.93. The van der Waals surface area contributed by atoms with Crippen molar-refractivity contribution in [3.63, 3.8) is 0 Å². The number of fused-ring (bicyclic) bond motifs is 1. The van der Waals surface area contributed by atoms with Gasteiger partial charge in [-0.15, -0.1) is 0 Å². The standard InChI is InChI=1S/C22H23BN6O4/c1-33-19-12-27-22(28-21(19)26-11-13-4-2-5-14(8-13)23(31)32)29-15(10-24)9-17-16(20(25)30)6-3-7-18(17)29/h2-9,12,31-32H,10-11,24H2,1H3,(H2,25,30)(H,26,27,28). The van der Waals surface area contributed by atoms with E-state index in [0.717, 1.165) is 5.56 Å². The molecule has 0 aliphatic rings. The molecular formula is C22H23BN6O4. The smallest absolute Gasteiger partial charge is 0.488 e. The van der Waals surface area contributed by atoms with Gasteiger partial charge < -0.3 is 31.6 Å². The van der Waals surface area contributed by atoms with Crippen LogP contribution in [0.5, 0.6) is 5.75 Å². The second-order valence-electron chi connectivity index (χ2n) is 7.34. The summed E-state index contributed by atoms with van der Waals surface area (Å²) in [5.74, 6) is 0.679. The number of anilines is 1. The van der Waals surface area contributed by atoms with Crippen LogP contribution in [0.25, 0.3) is 16.9 Å². The van der Waals surface area contributed by atoms with Crippen molar-refractivity contribution in [3.05, 3.63) is 71.5 Å². The van der Waals surface area contributed by atoms with E-state index in [0.29, 0.717) is 51.7 Å². The molecular weight excluding hydrogens is 423 g/mol. The van der Waals surface area contributed by atoms with Crippen molar-refractivity contribution in [2.24, 2.45) is 11.5 Å². The number of rotatable bonds is 8. The number of nitrogens with one attached hydrogen (secondary N) is 1.